The Hall–Kier alpha value is -3.36. The van der Waals surface area contributed by atoms with Gasteiger partial charge in [-0.2, -0.15) is 0 Å². The molecule has 1 aromatic rings. The van der Waals surface area contributed by atoms with Gasteiger partial charge in [-0.05, 0) is 18.1 Å². The summed E-state index contributed by atoms with van der Waals surface area (Å²) in [5.41, 5.74) is 1.09. The Morgan fingerprint density at radius 3 is 2.39 bits per heavy atom. The number of nitrogens with zero attached hydrogens (tertiary/aromatic N) is 1. The molecule has 1 saturated heterocycles. The van der Waals surface area contributed by atoms with Gasteiger partial charge in [0.05, 0.1) is 7.11 Å². The van der Waals surface area contributed by atoms with Crippen molar-refractivity contribution in [3.8, 4) is 0 Å². The van der Waals surface area contributed by atoms with Crippen LogP contribution in [0.2, 0.25) is 0 Å². The third kappa shape index (κ3) is 4.67. The monoisotopic (exact) mass is 390 g/mol. The van der Waals surface area contributed by atoms with Crippen LogP contribution in [0.1, 0.15) is 19.4 Å². The number of hydrogen-bond donors (Lipinski definition) is 1. The van der Waals surface area contributed by atoms with Crippen LogP contribution in [0.4, 0.5) is 4.79 Å². The largest absolute Gasteiger partial charge is 0.467 e. The number of β-lactam (4-membered cyclic amide) rings is 1. The van der Waals surface area contributed by atoms with E-state index >= 15 is 0 Å². The molecule has 150 valence electrons. The zero-order chi connectivity index (χ0) is 20.8. The second-order valence-corrected chi connectivity index (χ2v) is 6.20. The maximum atomic E-state index is 12.5. The average Bonchev–Trinajstić information content (AvgIpc) is 2.67. The first kappa shape index (κ1) is 20.9. The summed E-state index contributed by atoms with van der Waals surface area (Å²) in [5.74, 6) is -2.04. The van der Waals surface area contributed by atoms with Crippen molar-refractivity contribution in [2.24, 2.45) is 0 Å². The standard InChI is InChI=1S/C19H22N2O7/c1-11(2)15(18(24)26-4)21-16(23)14(17(21)28-12(3)22)20-19(25)27-10-13-8-6-5-7-9-13/h5-9,14-15,17H,1,10H2,2-4H3,(H,20,25)/t14-,15-,17+/m1/s1. The summed E-state index contributed by atoms with van der Waals surface area (Å²) in [4.78, 5) is 49.1. The summed E-state index contributed by atoms with van der Waals surface area (Å²) in [7, 11) is 1.17. The number of ether oxygens (including phenoxy) is 3. The molecule has 2 rings (SSSR count). The lowest BCUT2D eigenvalue weighted by atomic mass is 9.97. The first-order chi connectivity index (χ1) is 13.3. The fraction of sp³-hybridized carbons (Fsp3) is 0.368. The topological polar surface area (TPSA) is 111 Å². The molecule has 2 amide bonds. The van der Waals surface area contributed by atoms with Crippen LogP contribution < -0.4 is 5.32 Å². The Balaban J connectivity index is 2.07. The molecular weight excluding hydrogens is 368 g/mol. The first-order valence-corrected chi connectivity index (χ1v) is 8.46. The highest BCUT2D eigenvalue weighted by atomic mass is 16.6. The van der Waals surface area contributed by atoms with Gasteiger partial charge in [-0.25, -0.2) is 9.59 Å². The number of alkyl carbamates (subject to hydrolysis) is 1. The second-order valence-electron chi connectivity index (χ2n) is 6.20. The molecular formula is C19H22N2O7. The molecule has 28 heavy (non-hydrogen) atoms. The minimum absolute atomic E-state index is 0.00603. The van der Waals surface area contributed by atoms with Crippen molar-refractivity contribution in [1.82, 2.24) is 10.2 Å². The third-order valence-corrected chi connectivity index (χ3v) is 4.02. The van der Waals surface area contributed by atoms with E-state index in [9.17, 15) is 19.2 Å². The van der Waals surface area contributed by atoms with Crippen molar-refractivity contribution in [1.29, 1.82) is 0 Å². The molecule has 0 radical (unpaired) electrons. The molecule has 0 bridgehead atoms. The molecule has 3 atom stereocenters. The van der Waals surface area contributed by atoms with Crippen LogP contribution in [0.5, 0.6) is 0 Å². The van der Waals surface area contributed by atoms with Crippen molar-refractivity contribution in [2.75, 3.05) is 7.11 Å². The zero-order valence-electron chi connectivity index (χ0n) is 15.8. The van der Waals surface area contributed by atoms with Gasteiger partial charge in [0, 0.05) is 6.92 Å². The van der Waals surface area contributed by atoms with E-state index in [1.807, 2.05) is 6.07 Å². The van der Waals surface area contributed by atoms with Crippen molar-refractivity contribution in [2.45, 2.75) is 38.8 Å². The van der Waals surface area contributed by atoms with Gasteiger partial charge in [0.2, 0.25) is 6.23 Å². The molecule has 1 heterocycles. The van der Waals surface area contributed by atoms with Gasteiger partial charge in [-0.15, -0.1) is 0 Å². The smallest absolute Gasteiger partial charge is 0.408 e. The van der Waals surface area contributed by atoms with Crippen molar-refractivity contribution >= 4 is 23.9 Å². The minimum atomic E-state index is -1.19. The quantitative estimate of drug-likeness (QED) is 0.321. The molecule has 1 aliphatic rings. The summed E-state index contributed by atoms with van der Waals surface area (Å²) in [6.45, 7) is 6.37. The first-order valence-electron chi connectivity index (χ1n) is 8.46. The number of esters is 2. The highest BCUT2D eigenvalue weighted by molar-refractivity contribution is 5.96. The van der Waals surface area contributed by atoms with Crippen molar-refractivity contribution in [3.05, 3.63) is 48.0 Å². The Morgan fingerprint density at radius 2 is 1.86 bits per heavy atom. The zero-order valence-corrected chi connectivity index (χ0v) is 15.8. The summed E-state index contributed by atoms with van der Waals surface area (Å²) in [6.07, 6.45) is -2.04. The van der Waals surface area contributed by atoms with Gasteiger partial charge < -0.3 is 19.5 Å². The Kier molecular flexibility index (Phi) is 6.75. The normalized spacial score (nSPS) is 19.1. The van der Waals surface area contributed by atoms with Crippen LogP contribution in [0.25, 0.3) is 0 Å². The summed E-state index contributed by atoms with van der Waals surface area (Å²) in [5, 5.41) is 2.36. The molecule has 1 fully saturated rings. The third-order valence-electron chi connectivity index (χ3n) is 4.02. The van der Waals surface area contributed by atoms with Gasteiger partial charge >= 0.3 is 18.0 Å². The van der Waals surface area contributed by atoms with E-state index in [2.05, 4.69) is 16.6 Å². The van der Waals surface area contributed by atoms with Gasteiger partial charge in [-0.1, -0.05) is 36.9 Å². The van der Waals surface area contributed by atoms with E-state index in [1.165, 1.54) is 14.0 Å². The van der Waals surface area contributed by atoms with E-state index in [0.29, 0.717) is 5.57 Å². The van der Waals surface area contributed by atoms with Crippen LogP contribution in [-0.2, 0) is 35.2 Å². The summed E-state index contributed by atoms with van der Waals surface area (Å²) >= 11 is 0. The molecule has 0 aromatic heterocycles. The van der Waals surface area contributed by atoms with E-state index in [4.69, 9.17) is 9.47 Å². The van der Waals surface area contributed by atoms with E-state index in [0.717, 1.165) is 17.4 Å². The summed E-state index contributed by atoms with van der Waals surface area (Å²) < 4.78 is 14.9. The van der Waals surface area contributed by atoms with E-state index < -0.39 is 42.3 Å². The van der Waals surface area contributed by atoms with Crippen LogP contribution in [0.3, 0.4) is 0 Å². The SMILES string of the molecule is C=C(C)[C@H](C(=O)OC)N1C(=O)[C@@H](NC(=O)OCc2ccccc2)[C@@H]1OC(C)=O. The number of rotatable bonds is 7. The molecule has 0 aliphatic carbocycles. The van der Waals surface area contributed by atoms with Crippen LogP contribution in [0.15, 0.2) is 42.5 Å². The Labute approximate surface area is 162 Å². The summed E-state index contributed by atoms with van der Waals surface area (Å²) in [6, 6.07) is 6.65. The molecule has 0 unspecified atom stereocenters. The van der Waals surface area contributed by atoms with Crippen LogP contribution >= 0.6 is 0 Å². The van der Waals surface area contributed by atoms with Gasteiger partial charge in [0.1, 0.15) is 6.61 Å². The predicted octanol–water partition coefficient (Wildman–Crippen LogP) is 1.13. The van der Waals surface area contributed by atoms with Gasteiger partial charge in [0.25, 0.3) is 5.91 Å². The van der Waals surface area contributed by atoms with E-state index in [-0.39, 0.29) is 6.61 Å². The van der Waals surface area contributed by atoms with Crippen LogP contribution in [-0.4, -0.2) is 54.3 Å². The lowest BCUT2D eigenvalue weighted by Crippen LogP contribution is -2.75. The molecule has 1 N–H and O–H groups in total. The number of benzene rings is 1. The fourth-order valence-corrected chi connectivity index (χ4v) is 2.74. The molecule has 1 aliphatic heterocycles. The average molecular weight is 390 g/mol. The van der Waals surface area contributed by atoms with Crippen molar-refractivity contribution < 1.29 is 33.4 Å². The van der Waals surface area contributed by atoms with Crippen molar-refractivity contribution in [3.63, 3.8) is 0 Å². The van der Waals surface area contributed by atoms with E-state index in [1.54, 1.807) is 24.3 Å². The molecule has 9 nitrogen and oxygen atoms in total. The number of methoxy groups -OCH3 is 1. The number of carbonyl (C=O) groups is 4. The Bertz CT molecular complexity index is 778. The highest BCUT2D eigenvalue weighted by Gasteiger charge is 2.56. The van der Waals surface area contributed by atoms with Gasteiger partial charge in [-0.3, -0.25) is 14.5 Å². The Morgan fingerprint density at radius 1 is 1.21 bits per heavy atom. The van der Waals surface area contributed by atoms with Gasteiger partial charge in [0.15, 0.2) is 12.1 Å². The number of amides is 2. The molecule has 9 heteroatoms. The number of likely N-dealkylation sites (tertiary alicyclic amines) is 1. The number of nitrogens with one attached hydrogen (secondary N) is 1. The van der Waals surface area contributed by atoms with Crippen LogP contribution in [0, 0.1) is 0 Å². The second kappa shape index (κ2) is 9.03. The lowest BCUT2D eigenvalue weighted by Gasteiger charge is -2.48. The maximum absolute atomic E-state index is 12.5. The molecule has 0 spiro atoms. The molecule has 0 saturated carbocycles. The minimum Gasteiger partial charge on any atom is -0.467 e. The predicted molar refractivity (Wildman–Crippen MR) is 96.6 cm³/mol. The lowest BCUT2D eigenvalue weighted by molar-refractivity contribution is -0.197. The number of carbonyl (C=O) groups excluding carboxylic acids is 4. The number of hydrogen-bond acceptors (Lipinski definition) is 7. The maximum Gasteiger partial charge on any atom is 0.408 e. The highest BCUT2D eigenvalue weighted by Crippen LogP contribution is 2.28. The fourth-order valence-electron chi connectivity index (χ4n) is 2.74. The molecule has 1 aromatic carbocycles.